The molecule has 1 N–H and O–H groups in total. The molecule has 0 saturated carbocycles. The van der Waals surface area contributed by atoms with E-state index < -0.39 is 0 Å². The van der Waals surface area contributed by atoms with Crippen LogP contribution < -0.4 is 0 Å². The van der Waals surface area contributed by atoms with Gasteiger partial charge in [0.05, 0.1) is 13.2 Å². The van der Waals surface area contributed by atoms with Gasteiger partial charge in [-0.1, -0.05) is 42.2 Å². The third-order valence-corrected chi connectivity index (χ3v) is 2.30. The number of hydrogen-bond acceptors (Lipinski definition) is 3. The van der Waals surface area contributed by atoms with Gasteiger partial charge in [-0.25, -0.2) is 0 Å². The Morgan fingerprint density at radius 1 is 1.31 bits per heavy atom. The van der Waals surface area contributed by atoms with Gasteiger partial charge in [0.2, 0.25) is 0 Å². The smallest absolute Gasteiger partial charge is 0.147 e. The van der Waals surface area contributed by atoms with Gasteiger partial charge in [0.25, 0.3) is 0 Å². The number of aliphatic hydroxyl groups excluding tert-OH is 1. The fraction of sp³-hybridized carbons (Fsp3) is 0.385. The van der Waals surface area contributed by atoms with Gasteiger partial charge in [0.1, 0.15) is 18.8 Å². The van der Waals surface area contributed by atoms with Crippen LogP contribution in [0.4, 0.5) is 0 Å². The molecule has 3 heteroatoms. The lowest BCUT2D eigenvalue weighted by Crippen LogP contribution is -2.04. The van der Waals surface area contributed by atoms with E-state index in [1.165, 1.54) is 0 Å². The van der Waals surface area contributed by atoms with Gasteiger partial charge in [0, 0.05) is 0 Å². The van der Waals surface area contributed by atoms with Crippen LogP contribution in [0.2, 0.25) is 0 Å². The van der Waals surface area contributed by atoms with Gasteiger partial charge >= 0.3 is 0 Å². The zero-order valence-corrected chi connectivity index (χ0v) is 8.93. The summed E-state index contributed by atoms with van der Waals surface area (Å²) in [5.74, 6) is 5.38. The van der Waals surface area contributed by atoms with Crippen molar-refractivity contribution >= 4 is 0 Å². The Morgan fingerprint density at radius 2 is 2.12 bits per heavy atom. The summed E-state index contributed by atoms with van der Waals surface area (Å²) in [4.78, 5) is 0. The maximum absolute atomic E-state index is 8.49. The standard InChI is InChI=1S/C13H14O3/c14-8-4-7-12-13(16-12)10-15-9-11-5-2-1-3-6-11/h1-3,5-6,12-14H,8-10H2/t12-,13-/m0/s1. The second-order valence-corrected chi connectivity index (χ2v) is 3.58. The van der Waals surface area contributed by atoms with Gasteiger partial charge < -0.3 is 14.6 Å². The molecule has 2 rings (SSSR count). The number of ether oxygens (including phenoxy) is 2. The summed E-state index contributed by atoms with van der Waals surface area (Å²) >= 11 is 0. The summed E-state index contributed by atoms with van der Waals surface area (Å²) in [6.45, 7) is 1.04. The van der Waals surface area contributed by atoms with E-state index in [1.54, 1.807) is 0 Å². The Morgan fingerprint density at radius 3 is 2.88 bits per heavy atom. The van der Waals surface area contributed by atoms with E-state index in [0.29, 0.717) is 13.2 Å². The SMILES string of the molecule is OCC#C[C@@H]1O[C@H]1COCc1ccccc1. The highest BCUT2D eigenvalue weighted by Crippen LogP contribution is 2.21. The van der Waals surface area contributed by atoms with Crippen LogP contribution >= 0.6 is 0 Å². The molecule has 1 saturated heterocycles. The van der Waals surface area contributed by atoms with E-state index in [0.717, 1.165) is 5.56 Å². The van der Waals surface area contributed by atoms with Gasteiger partial charge in [0.15, 0.2) is 0 Å². The van der Waals surface area contributed by atoms with Crippen LogP contribution in [-0.4, -0.2) is 30.5 Å². The first-order chi connectivity index (χ1) is 7.90. The average molecular weight is 218 g/mol. The van der Waals surface area contributed by atoms with E-state index in [2.05, 4.69) is 11.8 Å². The normalized spacial score (nSPS) is 22.3. The molecule has 1 fully saturated rings. The molecular formula is C13H14O3. The highest BCUT2D eigenvalue weighted by Gasteiger charge is 2.37. The van der Waals surface area contributed by atoms with Crippen molar-refractivity contribution in [3.8, 4) is 11.8 Å². The Balaban J connectivity index is 1.64. The molecule has 1 aliphatic rings. The monoisotopic (exact) mass is 218 g/mol. The first kappa shape index (κ1) is 11.2. The molecule has 0 spiro atoms. The molecule has 0 radical (unpaired) electrons. The molecule has 0 bridgehead atoms. The molecule has 3 nitrogen and oxygen atoms in total. The lowest BCUT2D eigenvalue weighted by Gasteiger charge is -2.01. The quantitative estimate of drug-likeness (QED) is 0.604. The molecule has 1 heterocycles. The molecule has 0 amide bonds. The first-order valence-corrected chi connectivity index (χ1v) is 5.26. The van der Waals surface area contributed by atoms with Crippen molar-refractivity contribution in [2.45, 2.75) is 18.8 Å². The predicted molar refractivity (Wildman–Crippen MR) is 59.6 cm³/mol. The van der Waals surface area contributed by atoms with Crippen molar-refractivity contribution in [3.63, 3.8) is 0 Å². The fourth-order valence-electron chi connectivity index (χ4n) is 1.41. The molecular weight excluding hydrogens is 204 g/mol. The molecule has 1 aromatic carbocycles. The topological polar surface area (TPSA) is 42.0 Å². The minimum Gasteiger partial charge on any atom is -0.384 e. The van der Waals surface area contributed by atoms with Gasteiger partial charge in [-0.15, -0.1) is 0 Å². The molecule has 2 atom stereocenters. The van der Waals surface area contributed by atoms with Gasteiger partial charge in [-0.2, -0.15) is 0 Å². The van der Waals surface area contributed by atoms with E-state index in [1.807, 2.05) is 30.3 Å². The van der Waals surface area contributed by atoms with Gasteiger partial charge in [-0.05, 0) is 5.56 Å². The van der Waals surface area contributed by atoms with E-state index >= 15 is 0 Å². The first-order valence-electron chi connectivity index (χ1n) is 5.26. The summed E-state index contributed by atoms with van der Waals surface area (Å²) in [6, 6.07) is 10.0. The highest BCUT2D eigenvalue weighted by molar-refractivity contribution is 5.15. The Kier molecular flexibility index (Phi) is 3.95. The summed E-state index contributed by atoms with van der Waals surface area (Å²) in [5.41, 5.74) is 1.15. The van der Waals surface area contributed by atoms with Crippen molar-refractivity contribution in [1.82, 2.24) is 0 Å². The Labute approximate surface area is 95.0 Å². The Hall–Kier alpha value is -1.34. The van der Waals surface area contributed by atoms with Crippen molar-refractivity contribution in [1.29, 1.82) is 0 Å². The Bertz CT molecular complexity index is 377. The number of aliphatic hydroxyl groups is 1. The predicted octanol–water partition coefficient (Wildman–Crippen LogP) is 0.966. The van der Waals surface area contributed by atoms with E-state index in [9.17, 15) is 0 Å². The summed E-state index contributed by atoms with van der Waals surface area (Å²) in [7, 11) is 0. The lowest BCUT2D eigenvalue weighted by molar-refractivity contribution is 0.104. The van der Waals surface area contributed by atoms with E-state index in [-0.39, 0.29) is 18.8 Å². The zero-order chi connectivity index (χ0) is 11.2. The number of epoxide rings is 1. The molecule has 1 aromatic rings. The highest BCUT2D eigenvalue weighted by atomic mass is 16.6. The van der Waals surface area contributed by atoms with Crippen molar-refractivity contribution in [2.75, 3.05) is 13.2 Å². The third-order valence-electron chi connectivity index (χ3n) is 2.30. The van der Waals surface area contributed by atoms with Crippen LogP contribution in [0.3, 0.4) is 0 Å². The average Bonchev–Trinajstić information content (AvgIpc) is 3.07. The van der Waals surface area contributed by atoms with Crippen LogP contribution in [-0.2, 0) is 16.1 Å². The minimum atomic E-state index is -0.114. The summed E-state index contributed by atoms with van der Waals surface area (Å²) in [6.07, 6.45) is 0.0192. The van der Waals surface area contributed by atoms with Crippen molar-refractivity contribution in [2.24, 2.45) is 0 Å². The van der Waals surface area contributed by atoms with Crippen LogP contribution in [0.15, 0.2) is 30.3 Å². The molecule has 0 aromatic heterocycles. The molecule has 84 valence electrons. The summed E-state index contributed by atoms with van der Waals surface area (Å²) < 4.78 is 10.7. The minimum absolute atomic E-state index is 0.0528. The van der Waals surface area contributed by atoms with Crippen LogP contribution in [0, 0.1) is 11.8 Å². The lowest BCUT2D eigenvalue weighted by atomic mass is 10.2. The van der Waals surface area contributed by atoms with Crippen LogP contribution in [0.25, 0.3) is 0 Å². The van der Waals surface area contributed by atoms with Crippen molar-refractivity contribution in [3.05, 3.63) is 35.9 Å². The molecule has 0 aliphatic carbocycles. The molecule has 1 aliphatic heterocycles. The maximum Gasteiger partial charge on any atom is 0.147 e. The van der Waals surface area contributed by atoms with Crippen molar-refractivity contribution < 1.29 is 14.6 Å². The van der Waals surface area contributed by atoms with Gasteiger partial charge in [-0.3, -0.25) is 0 Å². The van der Waals surface area contributed by atoms with Crippen LogP contribution in [0.1, 0.15) is 5.56 Å². The molecule has 0 unspecified atom stereocenters. The molecule has 16 heavy (non-hydrogen) atoms. The number of benzene rings is 1. The second-order valence-electron chi connectivity index (χ2n) is 3.58. The van der Waals surface area contributed by atoms with Crippen LogP contribution in [0.5, 0.6) is 0 Å². The number of rotatable bonds is 4. The zero-order valence-electron chi connectivity index (χ0n) is 8.93. The summed E-state index contributed by atoms with van der Waals surface area (Å²) in [5, 5.41) is 8.49. The van der Waals surface area contributed by atoms with E-state index in [4.69, 9.17) is 14.6 Å². The third kappa shape index (κ3) is 3.35. The second kappa shape index (κ2) is 5.66. The largest absolute Gasteiger partial charge is 0.384 e. The number of hydrogen-bond donors (Lipinski definition) is 1. The fourth-order valence-corrected chi connectivity index (χ4v) is 1.41. The maximum atomic E-state index is 8.49.